The molecule has 0 bridgehead atoms. The topological polar surface area (TPSA) is 99.1 Å². The lowest BCUT2D eigenvalue weighted by molar-refractivity contribution is -0.387. The van der Waals surface area contributed by atoms with E-state index in [9.17, 15) is 14.9 Å². The van der Waals surface area contributed by atoms with Gasteiger partial charge in [0.25, 0.3) is 5.69 Å². The number of benzene rings is 2. The van der Waals surface area contributed by atoms with Gasteiger partial charge < -0.3 is 5.73 Å². The van der Waals surface area contributed by atoms with Crippen LogP contribution in [0.3, 0.4) is 0 Å². The SMILES string of the molecule is NC(=O)c1ccc(Sc2nc(-c3ccccc3)cs2)c([N+](=O)[O-])c1. The fraction of sp³-hybridized carbons (Fsp3) is 0. The average Bonchev–Trinajstić information content (AvgIpc) is 3.04. The summed E-state index contributed by atoms with van der Waals surface area (Å²) >= 11 is 2.60. The van der Waals surface area contributed by atoms with Gasteiger partial charge in [-0.1, -0.05) is 42.1 Å². The van der Waals surface area contributed by atoms with Crippen molar-refractivity contribution in [1.29, 1.82) is 0 Å². The van der Waals surface area contributed by atoms with Crippen molar-refractivity contribution < 1.29 is 9.72 Å². The molecular weight excluding hydrogens is 346 g/mol. The quantitative estimate of drug-likeness (QED) is 0.550. The maximum Gasteiger partial charge on any atom is 0.284 e. The van der Waals surface area contributed by atoms with Gasteiger partial charge in [0.1, 0.15) is 0 Å². The summed E-state index contributed by atoms with van der Waals surface area (Å²) in [5.41, 5.74) is 6.93. The van der Waals surface area contributed by atoms with E-state index in [1.807, 2.05) is 35.7 Å². The van der Waals surface area contributed by atoms with Gasteiger partial charge in [-0.25, -0.2) is 4.98 Å². The van der Waals surface area contributed by atoms with Crippen LogP contribution in [0.4, 0.5) is 5.69 Å². The first-order valence-corrected chi connectivity index (χ1v) is 8.51. The fourth-order valence-corrected chi connectivity index (χ4v) is 3.90. The standard InChI is InChI=1S/C16H11N3O3S2/c17-15(20)11-6-7-14(13(8-11)19(21)22)24-16-18-12(9-23-16)10-4-2-1-3-5-10/h1-9H,(H2,17,20). The van der Waals surface area contributed by atoms with Crippen LogP contribution >= 0.6 is 23.1 Å². The van der Waals surface area contributed by atoms with Crippen LogP contribution in [0.15, 0.2) is 63.1 Å². The summed E-state index contributed by atoms with van der Waals surface area (Å²) in [5, 5.41) is 13.1. The van der Waals surface area contributed by atoms with E-state index in [0.29, 0.717) is 9.24 Å². The Kier molecular flexibility index (Phi) is 4.59. The minimum absolute atomic E-state index is 0.107. The summed E-state index contributed by atoms with van der Waals surface area (Å²) in [4.78, 5) is 26.8. The van der Waals surface area contributed by atoms with Crippen molar-refractivity contribution in [2.75, 3.05) is 0 Å². The molecule has 2 aromatic carbocycles. The van der Waals surface area contributed by atoms with Gasteiger partial charge in [0.15, 0.2) is 4.34 Å². The summed E-state index contributed by atoms with van der Waals surface area (Å²) in [7, 11) is 0. The van der Waals surface area contributed by atoms with E-state index in [4.69, 9.17) is 5.73 Å². The maximum atomic E-state index is 11.2. The molecule has 3 aromatic rings. The molecule has 0 atom stereocenters. The molecule has 2 N–H and O–H groups in total. The van der Waals surface area contributed by atoms with E-state index in [2.05, 4.69) is 4.98 Å². The number of carbonyl (C=O) groups is 1. The Hall–Kier alpha value is -2.71. The van der Waals surface area contributed by atoms with E-state index in [0.717, 1.165) is 11.3 Å². The molecule has 0 unspecified atom stereocenters. The number of carbonyl (C=O) groups excluding carboxylic acids is 1. The van der Waals surface area contributed by atoms with E-state index < -0.39 is 10.8 Å². The van der Waals surface area contributed by atoms with Crippen molar-refractivity contribution in [1.82, 2.24) is 4.98 Å². The van der Waals surface area contributed by atoms with Gasteiger partial charge in [0.05, 0.1) is 15.5 Å². The monoisotopic (exact) mass is 357 g/mol. The summed E-state index contributed by atoms with van der Waals surface area (Å²) in [5.74, 6) is -0.699. The van der Waals surface area contributed by atoms with Crippen LogP contribution in [-0.2, 0) is 0 Å². The molecule has 1 aromatic heterocycles. The zero-order valence-corrected chi connectivity index (χ0v) is 13.8. The Morgan fingerprint density at radius 1 is 1.21 bits per heavy atom. The molecule has 0 aliphatic rings. The number of amides is 1. The van der Waals surface area contributed by atoms with Crippen molar-refractivity contribution in [3.8, 4) is 11.3 Å². The van der Waals surface area contributed by atoms with Gasteiger partial charge in [0, 0.05) is 22.6 Å². The smallest absolute Gasteiger partial charge is 0.284 e. The lowest BCUT2D eigenvalue weighted by atomic mass is 10.2. The van der Waals surface area contributed by atoms with Crippen molar-refractivity contribution in [3.05, 3.63) is 69.6 Å². The normalized spacial score (nSPS) is 10.5. The third-order valence-electron chi connectivity index (χ3n) is 3.19. The number of nitrogens with zero attached hydrogens (tertiary/aromatic N) is 2. The van der Waals surface area contributed by atoms with Gasteiger partial charge in [-0.05, 0) is 12.1 Å². The van der Waals surface area contributed by atoms with Crippen molar-refractivity contribution in [3.63, 3.8) is 0 Å². The molecule has 1 amide bonds. The van der Waals surface area contributed by atoms with Gasteiger partial charge >= 0.3 is 0 Å². The highest BCUT2D eigenvalue weighted by molar-refractivity contribution is 8.01. The number of hydrogen-bond acceptors (Lipinski definition) is 6. The van der Waals surface area contributed by atoms with Gasteiger partial charge in [0.2, 0.25) is 5.91 Å². The number of nitro groups is 1. The number of nitrogens with two attached hydrogens (primary N) is 1. The molecule has 0 saturated carbocycles. The predicted molar refractivity (Wildman–Crippen MR) is 93.3 cm³/mol. The van der Waals surface area contributed by atoms with E-state index in [-0.39, 0.29) is 11.3 Å². The fourth-order valence-electron chi connectivity index (χ4n) is 2.04. The summed E-state index contributed by atoms with van der Waals surface area (Å²) in [6.07, 6.45) is 0. The van der Waals surface area contributed by atoms with Crippen molar-refractivity contribution >= 4 is 34.7 Å². The summed E-state index contributed by atoms with van der Waals surface area (Å²) < 4.78 is 0.684. The van der Waals surface area contributed by atoms with Crippen LogP contribution < -0.4 is 5.73 Å². The molecule has 1 heterocycles. The zero-order chi connectivity index (χ0) is 17.1. The zero-order valence-electron chi connectivity index (χ0n) is 12.2. The van der Waals surface area contributed by atoms with Crippen LogP contribution in [0.25, 0.3) is 11.3 Å². The Balaban J connectivity index is 1.90. The molecule has 0 fully saturated rings. The van der Waals surface area contributed by atoms with E-state index in [1.54, 1.807) is 0 Å². The van der Waals surface area contributed by atoms with Crippen LogP contribution in [0, 0.1) is 10.1 Å². The molecule has 24 heavy (non-hydrogen) atoms. The van der Waals surface area contributed by atoms with Crippen LogP contribution in [0.5, 0.6) is 0 Å². The maximum absolute atomic E-state index is 11.2. The highest BCUT2D eigenvalue weighted by Crippen LogP contribution is 2.38. The molecule has 0 radical (unpaired) electrons. The highest BCUT2D eigenvalue weighted by atomic mass is 32.2. The Bertz CT molecular complexity index is 910. The van der Waals surface area contributed by atoms with E-state index in [1.165, 1.54) is 41.3 Å². The van der Waals surface area contributed by atoms with Crippen LogP contribution in [0.1, 0.15) is 10.4 Å². The third kappa shape index (κ3) is 3.44. The van der Waals surface area contributed by atoms with Crippen LogP contribution in [0.2, 0.25) is 0 Å². The number of primary amides is 1. The second kappa shape index (κ2) is 6.81. The molecule has 0 aliphatic heterocycles. The Morgan fingerprint density at radius 2 is 1.96 bits per heavy atom. The molecule has 0 saturated heterocycles. The lowest BCUT2D eigenvalue weighted by Gasteiger charge is -2.02. The molecule has 6 nitrogen and oxygen atoms in total. The highest BCUT2D eigenvalue weighted by Gasteiger charge is 2.19. The van der Waals surface area contributed by atoms with Crippen LogP contribution in [-0.4, -0.2) is 15.8 Å². The van der Waals surface area contributed by atoms with Crippen molar-refractivity contribution in [2.24, 2.45) is 5.73 Å². The average molecular weight is 357 g/mol. The first kappa shape index (κ1) is 16.2. The minimum atomic E-state index is -0.699. The molecule has 0 aliphatic carbocycles. The molecule has 0 spiro atoms. The molecule has 3 rings (SSSR count). The van der Waals surface area contributed by atoms with Gasteiger partial charge in [-0.2, -0.15) is 0 Å². The number of rotatable bonds is 5. The number of hydrogen-bond donors (Lipinski definition) is 1. The molecule has 120 valence electrons. The first-order chi connectivity index (χ1) is 11.5. The van der Waals surface area contributed by atoms with Gasteiger partial charge in [-0.15, -0.1) is 11.3 Å². The van der Waals surface area contributed by atoms with Gasteiger partial charge in [-0.3, -0.25) is 14.9 Å². The largest absolute Gasteiger partial charge is 0.366 e. The molecule has 8 heteroatoms. The Labute approximate surface area is 145 Å². The predicted octanol–water partition coefficient (Wildman–Crippen LogP) is 3.97. The second-order valence-electron chi connectivity index (χ2n) is 4.77. The summed E-state index contributed by atoms with van der Waals surface area (Å²) in [6.45, 7) is 0. The minimum Gasteiger partial charge on any atom is -0.366 e. The number of thiazole rings is 1. The Morgan fingerprint density at radius 3 is 2.62 bits per heavy atom. The number of aromatic nitrogens is 1. The number of nitro benzene ring substituents is 1. The van der Waals surface area contributed by atoms with Crippen molar-refractivity contribution in [2.45, 2.75) is 9.24 Å². The third-order valence-corrected chi connectivity index (χ3v) is 5.19. The summed E-state index contributed by atoms with van der Waals surface area (Å²) in [6, 6.07) is 13.9. The van der Waals surface area contributed by atoms with E-state index >= 15 is 0 Å². The second-order valence-corrected chi connectivity index (χ2v) is 6.92. The molecular formula is C16H11N3O3S2. The first-order valence-electron chi connectivity index (χ1n) is 6.81. The lowest BCUT2D eigenvalue weighted by Crippen LogP contribution is -2.11.